The monoisotopic (exact) mass is 263 g/mol. The number of hydrogen-bond donors (Lipinski definition) is 1. The van der Waals surface area contributed by atoms with Crippen LogP contribution in [0.15, 0.2) is 18.2 Å². The van der Waals surface area contributed by atoms with Crippen molar-refractivity contribution in [2.75, 3.05) is 6.54 Å². The van der Waals surface area contributed by atoms with Gasteiger partial charge in [-0.05, 0) is 31.9 Å². The van der Waals surface area contributed by atoms with Crippen LogP contribution in [-0.4, -0.2) is 24.8 Å². The average Bonchev–Trinajstić information content (AvgIpc) is 2.41. The minimum Gasteiger partial charge on any atom is -0.480 e. The molecule has 0 aromatic heterocycles. The third-order valence-electron chi connectivity index (χ3n) is 2.86. The van der Waals surface area contributed by atoms with E-state index in [0.29, 0.717) is 17.9 Å². The molecule has 1 rings (SSSR count). The van der Waals surface area contributed by atoms with Crippen molar-refractivity contribution in [3.63, 3.8) is 0 Å². The van der Waals surface area contributed by atoms with Gasteiger partial charge in [0.2, 0.25) is 0 Å². The summed E-state index contributed by atoms with van der Waals surface area (Å²) in [4.78, 5) is 22.8. The van der Waals surface area contributed by atoms with E-state index in [1.807, 2.05) is 13.0 Å². The maximum atomic E-state index is 11.8. The van der Waals surface area contributed by atoms with Gasteiger partial charge in [-0.15, -0.1) is 0 Å². The number of para-hydroxylation sites is 1. The number of nitrogens with one attached hydrogen (secondary N) is 1. The van der Waals surface area contributed by atoms with Crippen LogP contribution in [0.1, 0.15) is 42.6 Å². The predicted molar refractivity (Wildman–Crippen MR) is 74.6 cm³/mol. The van der Waals surface area contributed by atoms with Gasteiger partial charge < -0.3 is 10.1 Å². The largest absolute Gasteiger partial charge is 0.480 e. The van der Waals surface area contributed by atoms with Crippen molar-refractivity contribution in [1.82, 2.24) is 5.32 Å². The van der Waals surface area contributed by atoms with Gasteiger partial charge in [-0.1, -0.05) is 25.5 Å². The van der Waals surface area contributed by atoms with Crippen molar-refractivity contribution in [1.29, 1.82) is 0 Å². The predicted octanol–water partition coefficient (Wildman–Crippen LogP) is 2.49. The molecule has 4 heteroatoms. The molecule has 0 bridgehead atoms. The number of ether oxygens (including phenoxy) is 1. The first-order valence-corrected chi connectivity index (χ1v) is 6.59. The Morgan fingerprint density at radius 1 is 1.47 bits per heavy atom. The van der Waals surface area contributed by atoms with Crippen LogP contribution in [0.3, 0.4) is 0 Å². The smallest absolute Gasteiger partial charge is 0.260 e. The molecule has 1 amide bonds. The Morgan fingerprint density at radius 2 is 2.21 bits per heavy atom. The summed E-state index contributed by atoms with van der Waals surface area (Å²) in [6, 6.07) is 5.32. The number of amides is 1. The molecule has 0 spiro atoms. The van der Waals surface area contributed by atoms with Gasteiger partial charge in [0.05, 0.1) is 5.56 Å². The van der Waals surface area contributed by atoms with E-state index in [1.54, 1.807) is 19.1 Å². The third-order valence-corrected chi connectivity index (χ3v) is 2.86. The standard InChI is InChI=1S/C15H21NO3/c1-4-5-9-16-15(18)12(3)19-14-11(2)7-6-8-13(14)10-17/h6-8,10,12H,4-5,9H2,1-3H3,(H,16,18). The Labute approximate surface area is 114 Å². The Morgan fingerprint density at radius 3 is 2.84 bits per heavy atom. The van der Waals surface area contributed by atoms with Gasteiger partial charge in [0.15, 0.2) is 12.4 Å². The number of aldehydes is 1. The number of carbonyl (C=O) groups excluding carboxylic acids is 2. The first kappa shape index (κ1) is 15.2. The second-order valence-corrected chi connectivity index (χ2v) is 4.52. The molecule has 19 heavy (non-hydrogen) atoms. The maximum absolute atomic E-state index is 11.8. The summed E-state index contributed by atoms with van der Waals surface area (Å²) in [5.41, 5.74) is 1.31. The summed E-state index contributed by atoms with van der Waals surface area (Å²) in [6.45, 7) is 6.25. The lowest BCUT2D eigenvalue weighted by molar-refractivity contribution is -0.127. The quantitative estimate of drug-likeness (QED) is 0.607. The molecular formula is C15H21NO3. The highest BCUT2D eigenvalue weighted by Crippen LogP contribution is 2.23. The Balaban J connectivity index is 2.68. The summed E-state index contributed by atoms with van der Waals surface area (Å²) >= 11 is 0. The highest BCUT2D eigenvalue weighted by atomic mass is 16.5. The SMILES string of the molecule is CCCCNC(=O)C(C)Oc1c(C)cccc1C=O. The lowest BCUT2D eigenvalue weighted by Gasteiger charge is -2.17. The van der Waals surface area contributed by atoms with Crippen molar-refractivity contribution in [3.05, 3.63) is 29.3 Å². The molecule has 0 aliphatic carbocycles. The van der Waals surface area contributed by atoms with E-state index in [-0.39, 0.29) is 5.91 Å². The zero-order chi connectivity index (χ0) is 14.3. The normalized spacial score (nSPS) is 11.7. The molecule has 0 fully saturated rings. The van der Waals surface area contributed by atoms with E-state index in [9.17, 15) is 9.59 Å². The highest BCUT2D eigenvalue weighted by Gasteiger charge is 2.16. The molecule has 0 heterocycles. The summed E-state index contributed by atoms with van der Waals surface area (Å²) in [5.74, 6) is 0.323. The zero-order valence-corrected chi connectivity index (χ0v) is 11.7. The van der Waals surface area contributed by atoms with Crippen molar-refractivity contribution in [2.24, 2.45) is 0 Å². The molecule has 1 atom stereocenters. The highest BCUT2D eigenvalue weighted by molar-refractivity contribution is 5.83. The van der Waals surface area contributed by atoms with Crippen molar-refractivity contribution in [2.45, 2.75) is 39.7 Å². The van der Waals surface area contributed by atoms with Crippen LogP contribution >= 0.6 is 0 Å². The second kappa shape index (κ2) is 7.56. The van der Waals surface area contributed by atoms with E-state index in [1.165, 1.54) is 0 Å². The van der Waals surface area contributed by atoms with Gasteiger partial charge in [0.25, 0.3) is 5.91 Å². The molecule has 1 aromatic rings. The van der Waals surface area contributed by atoms with Gasteiger partial charge in [0.1, 0.15) is 5.75 Å². The van der Waals surface area contributed by atoms with Crippen LogP contribution in [0.2, 0.25) is 0 Å². The molecule has 0 aliphatic rings. The summed E-state index contributed by atoms with van der Waals surface area (Å²) in [5, 5.41) is 2.81. The van der Waals surface area contributed by atoms with Gasteiger partial charge >= 0.3 is 0 Å². The van der Waals surface area contributed by atoms with E-state index in [2.05, 4.69) is 12.2 Å². The fraction of sp³-hybridized carbons (Fsp3) is 0.467. The summed E-state index contributed by atoms with van der Waals surface area (Å²) < 4.78 is 5.62. The molecule has 0 radical (unpaired) electrons. The third kappa shape index (κ3) is 4.39. The van der Waals surface area contributed by atoms with Crippen molar-refractivity contribution < 1.29 is 14.3 Å². The number of carbonyl (C=O) groups is 2. The number of benzene rings is 1. The Bertz CT molecular complexity index is 443. The summed E-state index contributed by atoms with van der Waals surface area (Å²) in [7, 11) is 0. The first-order valence-electron chi connectivity index (χ1n) is 6.59. The zero-order valence-electron chi connectivity index (χ0n) is 11.7. The van der Waals surface area contributed by atoms with E-state index >= 15 is 0 Å². The van der Waals surface area contributed by atoms with Crippen LogP contribution in [-0.2, 0) is 4.79 Å². The Kier molecular flexibility index (Phi) is 6.06. The maximum Gasteiger partial charge on any atom is 0.260 e. The molecule has 1 aromatic carbocycles. The Hall–Kier alpha value is -1.84. The van der Waals surface area contributed by atoms with Crippen LogP contribution in [0, 0.1) is 6.92 Å². The van der Waals surface area contributed by atoms with Gasteiger partial charge in [0, 0.05) is 6.54 Å². The van der Waals surface area contributed by atoms with E-state index < -0.39 is 6.10 Å². The van der Waals surface area contributed by atoms with Gasteiger partial charge in [-0.3, -0.25) is 9.59 Å². The number of aryl methyl sites for hydroxylation is 1. The van der Waals surface area contributed by atoms with Crippen LogP contribution < -0.4 is 10.1 Å². The molecule has 0 aliphatic heterocycles. The van der Waals surface area contributed by atoms with Crippen molar-refractivity contribution >= 4 is 12.2 Å². The van der Waals surface area contributed by atoms with Crippen molar-refractivity contribution in [3.8, 4) is 5.75 Å². The summed E-state index contributed by atoms with van der Waals surface area (Å²) in [6.07, 6.45) is 2.10. The molecule has 1 unspecified atom stereocenters. The number of unbranched alkanes of at least 4 members (excludes halogenated alkanes) is 1. The number of hydrogen-bond acceptors (Lipinski definition) is 3. The van der Waals surface area contributed by atoms with E-state index in [4.69, 9.17) is 4.74 Å². The molecule has 0 saturated carbocycles. The molecular weight excluding hydrogens is 242 g/mol. The van der Waals surface area contributed by atoms with Gasteiger partial charge in [-0.2, -0.15) is 0 Å². The van der Waals surface area contributed by atoms with E-state index in [0.717, 1.165) is 24.7 Å². The average molecular weight is 263 g/mol. The molecule has 104 valence electrons. The molecule has 4 nitrogen and oxygen atoms in total. The van der Waals surface area contributed by atoms with Crippen LogP contribution in [0.4, 0.5) is 0 Å². The fourth-order valence-electron chi connectivity index (χ4n) is 1.69. The minimum atomic E-state index is -0.614. The second-order valence-electron chi connectivity index (χ2n) is 4.52. The van der Waals surface area contributed by atoms with Crippen LogP contribution in [0.5, 0.6) is 5.75 Å². The lowest BCUT2D eigenvalue weighted by atomic mass is 10.1. The minimum absolute atomic E-state index is 0.159. The van der Waals surface area contributed by atoms with Crippen LogP contribution in [0.25, 0.3) is 0 Å². The topological polar surface area (TPSA) is 55.4 Å². The molecule has 1 N–H and O–H groups in total. The van der Waals surface area contributed by atoms with Gasteiger partial charge in [-0.25, -0.2) is 0 Å². The fourth-order valence-corrected chi connectivity index (χ4v) is 1.69. The first-order chi connectivity index (χ1) is 9.10. The number of rotatable bonds is 7. The lowest BCUT2D eigenvalue weighted by Crippen LogP contribution is -2.37. The molecule has 0 saturated heterocycles.